The minimum atomic E-state index is 0.250. The first-order chi connectivity index (χ1) is 9.25. The third kappa shape index (κ3) is 1.49. The number of aromatic nitrogens is 1. The van der Waals surface area contributed by atoms with Gasteiger partial charge in [-0.2, -0.15) is 0 Å². The highest BCUT2D eigenvalue weighted by Crippen LogP contribution is 2.57. The molecule has 0 spiro atoms. The lowest BCUT2D eigenvalue weighted by atomic mass is 9.81. The summed E-state index contributed by atoms with van der Waals surface area (Å²) in [5.41, 5.74) is 1.89. The number of pyridine rings is 1. The average Bonchev–Trinajstić information content (AvgIpc) is 3.10. The first kappa shape index (κ1) is 11.2. The van der Waals surface area contributed by atoms with Crippen LogP contribution in [0, 0.1) is 29.6 Å². The van der Waals surface area contributed by atoms with Crippen LogP contribution in [0.5, 0.6) is 0 Å². The summed E-state index contributed by atoms with van der Waals surface area (Å²) >= 11 is 0. The quantitative estimate of drug-likeness (QED) is 0.567. The number of nitrogens with zero attached hydrogens (tertiary/aromatic N) is 1. The fourth-order valence-corrected chi connectivity index (χ4v) is 4.36. The van der Waals surface area contributed by atoms with Gasteiger partial charge in [-0.1, -0.05) is 25.1 Å². The zero-order valence-corrected chi connectivity index (χ0v) is 11.0. The van der Waals surface area contributed by atoms with Crippen LogP contribution < -0.4 is 0 Å². The normalized spacial score (nSPS) is 41.2. The highest BCUT2D eigenvalue weighted by molar-refractivity contribution is 6.04. The Morgan fingerprint density at radius 1 is 1.26 bits per heavy atom. The SMILES string of the molecule is C[C@@H]1/C(=C\c2ccccn2)C(=O)[C@@H]2[C@H]1[C@H]1C=C[C@@H]2C1. The maximum atomic E-state index is 12.7. The smallest absolute Gasteiger partial charge is 0.163 e. The van der Waals surface area contributed by atoms with E-state index in [2.05, 4.69) is 24.1 Å². The van der Waals surface area contributed by atoms with Crippen molar-refractivity contribution in [1.29, 1.82) is 0 Å². The zero-order valence-electron chi connectivity index (χ0n) is 11.0. The molecule has 4 rings (SSSR count). The van der Waals surface area contributed by atoms with Gasteiger partial charge in [-0.05, 0) is 48.3 Å². The molecule has 2 saturated carbocycles. The highest BCUT2D eigenvalue weighted by atomic mass is 16.1. The third-order valence-electron chi connectivity index (χ3n) is 5.17. The topological polar surface area (TPSA) is 30.0 Å². The van der Waals surface area contributed by atoms with Gasteiger partial charge >= 0.3 is 0 Å². The average molecular weight is 251 g/mol. The van der Waals surface area contributed by atoms with Crippen molar-refractivity contribution < 1.29 is 4.79 Å². The Hall–Kier alpha value is -1.70. The summed E-state index contributed by atoms with van der Waals surface area (Å²) in [7, 11) is 0. The maximum absolute atomic E-state index is 12.7. The molecule has 1 heterocycles. The summed E-state index contributed by atoms with van der Waals surface area (Å²) < 4.78 is 0. The van der Waals surface area contributed by atoms with Crippen molar-refractivity contribution >= 4 is 11.9 Å². The third-order valence-corrected chi connectivity index (χ3v) is 5.17. The fourth-order valence-electron chi connectivity index (χ4n) is 4.36. The summed E-state index contributed by atoms with van der Waals surface area (Å²) in [5, 5.41) is 0. The standard InChI is InChI=1S/C17H17NO/c1-10-14(9-13-4-2-3-7-18-13)17(19)16-12-6-5-11(8-12)15(10)16/h2-7,9-12,15-16H,8H2,1H3/b14-9+/t10-,11+,12-,15-,16+/m1/s1. The van der Waals surface area contributed by atoms with E-state index in [0.29, 0.717) is 29.5 Å². The fraction of sp³-hybridized carbons (Fsp3) is 0.412. The molecule has 1 aromatic rings. The van der Waals surface area contributed by atoms with Gasteiger partial charge in [-0.15, -0.1) is 0 Å². The molecule has 2 bridgehead atoms. The Morgan fingerprint density at radius 2 is 2.11 bits per heavy atom. The first-order valence-corrected chi connectivity index (χ1v) is 7.11. The van der Waals surface area contributed by atoms with E-state index in [4.69, 9.17) is 0 Å². The maximum Gasteiger partial charge on any atom is 0.163 e. The number of allylic oxidation sites excluding steroid dienone is 3. The molecule has 2 heteroatoms. The van der Waals surface area contributed by atoms with Crippen LogP contribution in [0.25, 0.3) is 6.08 Å². The van der Waals surface area contributed by atoms with Crippen molar-refractivity contribution in [2.24, 2.45) is 29.6 Å². The van der Waals surface area contributed by atoms with Crippen LogP contribution in [0.3, 0.4) is 0 Å². The van der Waals surface area contributed by atoms with E-state index < -0.39 is 0 Å². The molecule has 2 nitrogen and oxygen atoms in total. The Balaban J connectivity index is 1.73. The minimum absolute atomic E-state index is 0.250. The van der Waals surface area contributed by atoms with E-state index in [1.165, 1.54) is 6.42 Å². The molecule has 0 aliphatic heterocycles. The largest absolute Gasteiger partial charge is 0.294 e. The van der Waals surface area contributed by atoms with Crippen molar-refractivity contribution in [3.63, 3.8) is 0 Å². The Bertz CT molecular complexity index is 587. The number of carbonyl (C=O) groups is 1. The Morgan fingerprint density at radius 3 is 2.84 bits per heavy atom. The number of hydrogen-bond donors (Lipinski definition) is 0. The van der Waals surface area contributed by atoms with Crippen LogP contribution in [0.2, 0.25) is 0 Å². The molecule has 3 aliphatic carbocycles. The van der Waals surface area contributed by atoms with Crippen molar-refractivity contribution in [1.82, 2.24) is 4.98 Å². The monoisotopic (exact) mass is 251 g/mol. The van der Waals surface area contributed by atoms with Crippen LogP contribution in [-0.2, 0) is 4.79 Å². The molecule has 0 amide bonds. The van der Waals surface area contributed by atoms with Gasteiger partial charge in [0.15, 0.2) is 5.78 Å². The van der Waals surface area contributed by atoms with Crippen LogP contribution in [0.1, 0.15) is 19.0 Å². The number of ketones is 1. The number of hydrogen-bond acceptors (Lipinski definition) is 2. The number of rotatable bonds is 1. The number of carbonyl (C=O) groups excluding carboxylic acids is 1. The molecule has 2 fully saturated rings. The van der Waals surface area contributed by atoms with Crippen molar-refractivity contribution in [3.05, 3.63) is 47.8 Å². The molecule has 0 N–H and O–H groups in total. The lowest BCUT2D eigenvalue weighted by molar-refractivity contribution is -0.118. The summed E-state index contributed by atoms with van der Waals surface area (Å²) in [5.74, 6) is 2.67. The summed E-state index contributed by atoms with van der Waals surface area (Å²) in [6, 6.07) is 5.84. The summed E-state index contributed by atoms with van der Waals surface area (Å²) in [6.07, 6.45) is 9.58. The molecule has 0 radical (unpaired) electrons. The van der Waals surface area contributed by atoms with E-state index >= 15 is 0 Å². The van der Waals surface area contributed by atoms with Crippen LogP contribution in [-0.4, -0.2) is 10.8 Å². The van der Waals surface area contributed by atoms with Gasteiger partial charge < -0.3 is 0 Å². The molecule has 19 heavy (non-hydrogen) atoms. The zero-order chi connectivity index (χ0) is 13.0. The molecule has 96 valence electrons. The van der Waals surface area contributed by atoms with Crippen LogP contribution in [0.15, 0.2) is 42.1 Å². The summed E-state index contributed by atoms with van der Waals surface area (Å²) in [4.78, 5) is 17.0. The van der Waals surface area contributed by atoms with Gasteiger partial charge in [-0.25, -0.2) is 0 Å². The Kier molecular flexibility index (Phi) is 2.29. The van der Waals surface area contributed by atoms with E-state index in [1.807, 2.05) is 24.3 Å². The van der Waals surface area contributed by atoms with E-state index in [-0.39, 0.29) is 5.92 Å². The van der Waals surface area contributed by atoms with Crippen molar-refractivity contribution in [2.45, 2.75) is 13.3 Å². The van der Waals surface area contributed by atoms with Crippen molar-refractivity contribution in [2.75, 3.05) is 0 Å². The second-order valence-electron chi connectivity index (χ2n) is 6.06. The predicted octanol–water partition coefficient (Wildman–Crippen LogP) is 3.12. The van der Waals surface area contributed by atoms with E-state index in [1.54, 1.807) is 6.20 Å². The molecule has 5 atom stereocenters. The van der Waals surface area contributed by atoms with E-state index in [9.17, 15) is 4.79 Å². The minimum Gasteiger partial charge on any atom is -0.294 e. The molecule has 0 saturated heterocycles. The lowest BCUT2D eigenvalue weighted by Crippen LogP contribution is -2.20. The van der Waals surface area contributed by atoms with Gasteiger partial charge in [0.1, 0.15) is 0 Å². The number of Topliss-reactive ketones (excluding diaryl/α,β-unsaturated/α-hetero) is 1. The highest BCUT2D eigenvalue weighted by Gasteiger charge is 2.56. The van der Waals surface area contributed by atoms with Crippen molar-refractivity contribution in [3.8, 4) is 0 Å². The molecule has 1 aromatic heterocycles. The Labute approximate surface area is 113 Å². The predicted molar refractivity (Wildman–Crippen MR) is 74.1 cm³/mol. The molecule has 3 aliphatic rings. The van der Waals surface area contributed by atoms with Gasteiger partial charge in [-0.3, -0.25) is 9.78 Å². The van der Waals surface area contributed by atoms with Gasteiger partial charge in [0.2, 0.25) is 0 Å². The van der Waals surface area contributed by atoms with Crippen LogP contribution in [0.4, 0.5) is 0 Å². The van der Waals surface area contributed by atoms with Gasteiger partial charge in [0, 0.05) is 17.7 Å². The van der Waals surface area contributed by atoms with Gasteiger partial charge in [0.25, 0.3) is 0 Å². The number of fused-ring (bicyclic) bond motifs is 5. The van der Waals surface area contributed by atoms with Gasteiger partial charge in [0.05, 0.1) is 5.69 Å². The second kappa shape index (κ2) is 3.89. The first-order valence-electron chi connectivity index (χ1n) is 7.11. The molecule has 0 aromatic carbocycles. The lowest BCUT2D eigenvalue weighted by Gasteiger charge is -2.21. The van der Waals surface area contributed by atoms with E-state index in [0.717, 1.165) is 11.3 Å². The van der Waals surface area contributed by atoms with Crippen LogP contribution >= 0.6 is 0 Å². The molecule has 0 unspecified atom stereocenters. The second-order valence-corrected chi connectivity index (χ2v) is 6.06. The summed E-state index contributed by atoms with van der Waals surface area (Å²) in [6.45, 7) is 2.21. The molecular weight excluding hydrogens is 234 g/mol. The molecular formula is C17H17NO.